The minimum atomic E-state index is -0.351. The van der Waals surface area contributed by atoms with E-state index in [1.165, 1.54) is 0 Å². The van der Waals surface area contributed by atoms with Gasteiger partial charge in [0.25, 0.3) is 0 Å². The maximum atomic E-state index is 13.0. The zero-order chi connectivity index (χ0) is 20.7. The lowest BCUT2D eigenvalue weighted by molar-refractivity contribution is -0.144. The number of ether oxygens (including phenoxy) is 2. The maximum absolute atomic E-state index is 13.0. The molecule has 0 bridgehead atoms. The molecule has 1 aromatic rings. The molecule has 160 valence electrons. The zero-order valence-electron chi connectivity index (χ0n) is 17.8. The molecule has 2 fully saturated rings. The second-order valence-corrected chi connectivity index (χ2v) is 8.79. The molecule has 2 amide bonds. The molecule has 0 unspecified atom stereocenters. The van der Waals surface area contributed by atoms with E-state index < -0.39 is 0 Å². The number of para-hydroxylation sites is 1. The predicted molar refractivity (Wildman–Crippen MR) is 112 cm³/mol. The monoisotopic (exact) mass is 402 g/mol. The standard InChI is InChI=1S/C23H34N2O4/c1-19(2)15-21(26)25-10-6-9-23(17-25,18-29-20-7-4-3-5-8-20)16-22(27)24-11-13-28-14-12-24/h3-5,7-8,19H,6,9-18H2,1-2H3/t23-/m1/s1. The Morgan fingerprint density at radius 2 is 1.79 bits per heavy atom. The van der Waals surface area contributed by atoms with Crippen molar-refractivity contribution < 1.29 is 19.1 Å². The number of hydrogen-bond acceptors (Lipinski definition) is 4. The van der Waals surface area contributed by atoms with E-state index in [2.05, 4.69) is 13.8 Å². The summed E-state index contributed by atoms with van der Waals surface area (Å²) in [5.41, 5.74) is -0.351. The molecular weight excluding hydrogens is 368 g/mol. The van der Waals surface area contributed by atoms with Gasteiger partial charge in [0.2, 0.25) is 11.8 Å². The first-order valence-electron chi connectivity index (χ1n) is 10.8. The lowest BCUT2D eigenvalue weighted by Crippen LogP contribution is -2.52. The molecule has 0 radical (unpaired) electrons. The van der Waals surface area contributed by atoms with Crippen LogP contribution in [0.15, 0.2) is 30.3 Å². The third kappa shape index (κ3) is 6.20. The number of rotatable bonds is 7. The molecule has 0 aromatic heterocycles. The van der Waals surface area contributed by atoms with E-state index in [1.54, 1.807) is 0 Å². The highest BCUT2D eigenvalue weighted by Gasteiger charge is 2.41. The van der Waals surface area contributed by atoms with Crippen LogP contribution in [0.2, 0.25) is 0 Å². The van der Waals surface area contributed by atoms with E-state index in [4.69, 9.17) is 9.47 Å². The summed E-state index contributed by atoms with van der Waals surface area (Å²) in [6.07, 6.45) is 2.75. The molecule has 2 aliphatic heterocycles. The van der Waals surface area contributed by atoms with Crippen molar-refractivity contribution in [3.05, 3.63) is 30.3 Å². The van der Waals surface area contributed by atoms with E-state index in [1.807, 2.05) is 40.1 Å². The van der Waals surface area contributed by atoms with Gasteiger partial charge in [0, 0.05) is 44.4 Å². The number of hydrogen-bond donors (Lipinski definition) is 0. The Balaban J connectivity index is 1.72. The fraction of sp³-hybridized carbons (Fsp3) is 0.652. The number of benzene rings is 1. The lowest BCUT2D eigenvalue weighted by Gasteiger charge is -2.43. The summed E-state index contributed by atoms with van der Waals surface area (Å²) in [6.45, 7) is 8.40. The summed E-state index contributed by atoms with van der Waals surface area (Å²) in [4.78, 5) is 29.6. The van der Waals surface area contributed by atoms with E-state index in [-0.39, 0.29) is 17.2 Å². The Morgan fingerprint density at radius 3 is 2.48 bits per heavy atom. The third-order valence-corrected chi connectivity index (χ3v) is 5.78. The number of nitrogens with zero attached hydrogens (tertiary/aromatic N) is 2. The Bertz CT molecular complexity index is 673. The SMILES string of the molecule is CC(C)CC(=O)N1CCC[C@@](COc2ccccc2)(CC(=O)N2CCOCC2)C1. The van der Waals surface area contributed by atoms with Gasteiger partial charge in [-0.25, -0.2) is 0 Å². The van der Waals surface area contributed by atoms with Crippen molar-refractivity contribution >= 4 is 11.8 Å². The molecule has 29 heavy (non-hydrogen) atoms. The van der Waals surface area contributed by atoms with Crippen molar-refractivity contribution in [2.75, 3.05) is 46.0 Å². The predicted octanol–water partition coefficient (Wildman–Crippen LogP) is 2.97. The van der Waals surface area contributed by atoms with Crippen LogP contribution in [-0.2, 0) is 14.3 Å². The number of likely N-dealkylation sites (tertiary alicyclic amines) is 1. The molecule has 6 nitrogen and oxygen atoms in total. The molecule has 1 aromatic carbocycles. The van der Waals surface area contributed by atoms with Crippen LogP contribution >= 0.6 is 0 Å². The zero-order valence-corrected chi connectivity index (χ0v) is 17.8. The number of morpholine rings is 1. The van der Waals surface area contributed by atoms with Gasteiger partial charge in [-0.3, -0.25) is 9.59 Å². The molecule has 1 atom stereocenters. The molecule has 0 aliphatic carbocycles. The first kappa shape index (κ1) is 21.6. The van der Waals surface area contributed by atoms with Gasteiger partial charge in [0.1, 0.15) is 5.75 Å². The first-order valence-corrected chi connectivity index (χ1v) is 10.8. The van der Waals surface area contributed by atoms with Crippen molar-refractivity contribution in [3.63, 3.8) is 0 Å². The van der Waals surface area contributed by atoms with E-state index >= 15 is 0 Å². The average Bonchev–Trinajstić information content (AvgIpc) is 2.73. The summed E-state index contributed by atoms with van der Waals surface area (Å²) < 4.78 is 11.5. The van der Waals surface area contributed by atoms with Gasteiger partial charge in [-0.1, -0.05) is 32.0 Å². The topological polar surface area (TPSA) is 59.1 Å². The van der Waals surface area contributed by atoms with Crippen LogP contribution in [-0.4, -0.2) is 67.6 Å². The van der Waals surface area contributed by atoms with Crippen LogP contribution in [0.25, 0.3) is 0 Å². The molecule has 0 N–H and O–H groups in total. The van der Waals surface area contributed by atoms with Crippen LogP contribution in [0.3, 0.4) is 0 Å². The van der Waals surface area contributed by atoms with Crippen LogP contribution in [0.5, 0.6) is 5.75 Å². The Kier molecular flexibility index (Phi) is 7.53. The average molecular weight is 403 g/mol. The second kappa shape index (κ2) is 10.1. The van der Waals surface area contributed by atoms with Crippen molar-refractivity contribution in [2.24, 2.45) is 11.3 Å². The van der Waals surface area contributed by atoms with Gasteiger partial charge in [-0.05, 0) is 30.9 Å². The van der Waals surface area contributed by atoms with Gasteiger partial charge in [-0.15, -0.1) is 0 Å². The van der Waals surface area contributed by atoms with Gasteiger partial charge < -0.3 is 19.3 Å². The molecule has 0 spiro atoms. The summed E-state index contributed by atoms with van der Waals surface area (Å²) in [6, 6.07) is 9.71. The smallest absolute Gasteiger partial charge is 0.223 e. The van der Waals surface area contributed by atoms with Gasteiger partial charge >= 0.3 is 0 Å². The normalized spacial score (nSPS) is 22.6. The Labute approximate surface area is 174 Å². The molecule has 2 saturated heterocycles. The van der Waals surface area contributed by atoms with Crippen LogP contribution in [0, 0.1) is 11.3 Å². The van der Waals surface area contributed by atoms with Crippen molar-refractivity contribution in [2.45, 2.75) is 39.5 Å². The number of amides is 2. The quantitative estimate of drug-likeness (QED) is 0.704. The van der Waals surface area contributed by atoms with Crippen molar-refractivity contribution in [3.8, 4) is 5.75 Å². The van der Waals surface area contributed by atoms with Crippen LogP contribution < -0.4 is 4.74 Å². The van der Waals surface area contributed by atoms with Crippen LogP contribution in [0.4, 0.5) is 0 Å². The molecule has 6 heteroatoms. The highest BCUT2D eigenvalue weighted by molar-refractivity contribution is 5.78. The highest BCUT2D eigenvalue weighted by Crippen LogP contribution is 2.35. The summed E-state index contributed by atoms with van der Waals surface area (Å²) in [7, 11) is 0. The fourth-order valence-corrected chi connectivity index (χ4v) is 4.21. The summed E-state index contributed by atoms with van der Waals surface area (Å²) in [5, 5.41) is 0. The minimum Gasteiger partial charge on any atom is -0.493 e. The van der Waals surface area contributed by atoms with Crippen LogP contribution in [0.1, 0.15) is 39.5 Å². The van der Waals surface area contributed by atoms with Gasteiger partial charge in [0.15, 0.2) is 0 Å². The summed E-state index contributed by atoms with van der Waals surface area (Å²) in [5.74, 6) is 1.46. The molecule has 3 rings (SSSR count). The number of carbonyl (C=O) groups is 2. The molecule has 2 heterocycles. The van der Waals surface area contributed by atoms with E-state index in [0.717, 1.165) is 25.1 Å². The molecular formula is C23H34N2O4. The molecule has 2 aliphatic rings. The maximum Gasteiger partial charge on any atom is 0.223 e. The Hall–Kier alpha value is -2.08. The second-order valence-electron chi connectivity index (χ2n) is 8.79. The number of carbonyl (C=O) groups excluding carboxylic acids is 2. The fourth-order valence-electron chi connectivity index (χ4n) is 4.21. The number of piperidine rings is 1. The van der Waals surface area contributed by atoms with Gasteiger partial charge in [0.05, 0.1) is 19.8 Å². The third-order valence-electron chi connectivity index (χ3n) is 5.78. The summed E-state index contributed by atoms with van der Waals surface area (Å²) >= 11 is 0. The van der Waals surface area contributed by atoms with Crippen molar-refractivity contribution in [1.82, 2.24) is 9.80 Å². The first-order chi connectivity index (χ1) is 14.0. The molecule has 0 saturated carbocycles. The largest absolute Gasteiger partial charge is 0.493 e. The lowest BCUT2D eigenvalue weighted by atomic mass is 9.77. The van der Waals surface area contributed by atoms with Gasteiger partial charge in [-0.2, -0.15) is 0 Å². The highest BCUT2D eigenvalue weighted by atomic mass is 16.5. The van der Waals surface area contributed by atoms with E-state index in [9.17, 15) is 9.59 Å². The Morgan fingerprint density at radius 1 is 1.07 bits per heavy atom. The minimum absolute atomic E-state index is 0.142. The van der Waals surface area contributed by atoms with E-state index in [0.29, 0.717) is 58.2 Å². The van der Waals surface area contributed by atoms with Crippen molar-refractivity contribution in [1.29, 1.82) is 0 Å².